The van der Waals surface area contributed by atoms with Gasteiger partial charge in [-0.3, -0.25) is 9.69 Å². The highest BCUT2D eigenvalue weighted by atomic mass is 19.1. The van der Waals surface area contributed by atoms with Gasteiger partial charge >= 0.3 is 0 Å². The van der Waals surface area contributed by atoms with Crippen molar-refractivity contribution in [3.63, 3.8) is 0 Å². The molecule has 2 rings (SSSR count). The molecule has 6 nitrogen and oxygen atoms in total. The van der Waals surface area contributed by atoms with Crippen LogP contribution in [0.25, 0.3) is 0 Å². The Balaban J connectivity index is 1.92. The number of nitriles is 1. The van der Waals surface area contributed by atoms with Crippen molar-refractivity contribution < 1.29 is 13.9 Å². The monoisotopic (exact) mass is 278 g/mol. The van der Waals surface area contributed by atoms with Gasteiger partial charge in [0.1, 0.15) is 5.82 Å². The van der Waals surface area contributed by atoms with Crippen LogP contribution in [0.2, 0.25) is 0 Å². The Morgan fingerprint density at radius 3 is 3.20 bits per heavy atom. The number of carbonyl (C=O) groups excluding carboxylic acids is 1. The molecule has 3 N–H and O–H groups in total. The van der Waals surface area contributed by atoms with Gasteiger partial charge in [0, 0.05) is 18.8 Å². The predicted octanol–water partition coefficient (Wildman–Crippen LogP) is 0.571. The molecular formula is C13H15FN4O2. The number of hydrogen-bond donors (Lipinski definition) is 2. The number of rotatable bonds is 3. The van der Waals surface area contributed by atoms with Crippen LogP contribution >= 0.6 is 0 Å². The Morgan fingerprint density at radius 2 is 2.45 bits per heavy atom. The highest BCUT2D eigenvalue weighted by molar-refractivity contribution is 5.92. The standard InChI is InChI=1S/C13H15FN4O2/c14-11-2-1-9(16)5-12(11)17-13(19)8-18-3-4-20-10(6-15)7-18/h1-2,5,10H,3-4,7-8,16H2,(H,17,19). The van der Waals surface area contributed by atoms with Crippen LogP contribution in [-0.2, 0) is 9.53 Å². The van der Waals surface area contributed by atoms with Crippen LogP contribution in [0.4, 0.5) is 15.8 Å². The van der Waals surface area contributed by atoms with Crippen LogP contribution in [0.5, 0.6) is 0 Å². The molecule has 0 radical (unpaired) electrons. The largest absolute Gasteiger partial charge is 0.399 e. The summed E-state index contributed by atoms with van der Waals surface area (Å²) in [6, 6.07) is 5.99. The molecule has 1 fully saturated rings. The van der Waals surface area contributed by atoms with Crippen molar-refractivity contribution in [3.8, 4) is 6.07 Å². The van der Waals surface area contributed by atoms with Gasteiger partial charge in [0.05, 0.1) is 24.9 Å². The van der Waals surface area contributed by atoms with Crippen LogP contribution in [0.15, 0.2) is 18.2 Å². The van der Waals surface area contributed by atoms with Crippen molar-refractivity contribution >= 4 is 17.3 Å². The average molecular weight is 278 g/mol. The highest BCUT2D eigenvalue weighted by Crippen LogP contribution is 2.17. The van der Waals surface area contributed by atoms with Crippen LogP contribution in [0, 0.1) is 17.1 Å². The summed E-state index contributed by atoms with van der Waals surface area (Å²) in [5, 5.41) is 11.3. The summed E-state index contributed by atoms with van der Waals surface area (Å²) >= 11 is 0. The number of nitrogens with zero attached hydrogens (tertiary/aromatic N) is 2. The number of amides is 1. The zero-order valence-corrected chi connectivity index (χ0v) is 10.8. The molecule has 1 aromatic rings. The Kier molecular flexibility index (Phi) is 4.50. The van der Waals surface area contributed by atoms with Crippen molar-refractivity contribution in [2.45, 2.75) is 6.10 Å². The number of anilines is 2. The molecular weight excluding hydrogens is 263 g/mol. The van der Waals surface area contributed by atoms with Crippen molar-refractivity contribution in [3.05, 3.63) is 24.0 Å². The number of ether oxygens (including phenoxy) is 1. The van der Waals surface area contributed by atoms with Gasteiger partial charge < -0.3 is 15.8 Å². The molecule has 0 aromatic heterocycles. The molecule has 0 spiro atoms. The van der Waals surface area contributed by atoms with Gasteiger partial charge in [-0.15, -0.1) is 0 Å². The first-order valence-electron chi connectivity index (χ1n) is 6.17. The van der Waals surface area contributed by atoms with Gasteiger partial charge in [-0.2, -0.15) is 5.26 Å². The minimum absolute atomic E-state index is 0.0556. The fourth-order valence-corrected chi connectivity index (χ4v) is 1.96. The van der Waals surface area contributed by atoms with E-state index in [2.05, 4.69) is 5.32 Å². The molecule has 20 heavy (non-hydrogen) atoms. The molecule has 0 saturated carbocycles. The van der Waals surface area contributed by atoms with Gasteiger partial charge in [0.15, 0.2) is 6.10 Å². The molecule has 7 heteroatoms. The van der Waals surface area contributed by atoms with E-state index in [9.17, 15) is 9.18 Å². The third-order valence-electron chi connectivity index (χ3n) is 2.93. The number of morpholine rings is 1. The van der Waals surface area contributed by atoms with E-state index in [1.54, 1.807) is 4.90 Å². The van der Waals surface area contributed by atoms with Crippen molar-refractivity contribution in [2.75, 3.05) is 37.3 Å². The van der Waals surface area contributed by atoms with E-state index in [0.29, 0.717) is 25.4 Å². The summed E-state index contributed by atoms with van der Waals surface area (Å²) < 4.78 is 18.7. The van der Waals surface area contributed by atoms with E-state index in [1.165, 1.54) is 18.2 Å². The van der Waals surface area contributed by atoms with Gasteiger partial charge in [0.25, 0.3) is 0 Å². The second kappa shape index (κ2) is 6.32. The quantitative estimate of drug-likeness (QED) is 0.789. The summed E-state index contributed by atoms with van der Waals surface area (Å²) in [5.74, 6) is -0.891. The van der Waals surface area contributed by atoms with Crippen molar-refractivity contribution in [1.29, 1.82) is 5.26 Å². The second-order valence-corrected chi connectivity index (χ2v) is 4.51. The molecule has 0 bridgehead atoms. The molecule has 106 valence electrons. The number of benzene rings is 1. The highest BCUT2D eigenvalue weighted by Gasteiger charge is 2.22. The molecule has 1 amide bonds. The molecule has 1 aliphatic heterocycles. The minimum atomic E-state index is -0.538. The maximum Gasteiger partial charge on any atom is 0.238 e. The molecule has 1 aromatic carbocycles. The molecule has 0 aliphatic carbocycles. The zero-order valence-electron chi connectivity index (χ0n) is 10.8. The third-order valence-corrected chi connectivity index (χ3v) is 2.93. The molecule has 1 heterocycles. The number of carbonyl (C=O) groups is 1. The first-order chi connectivity index (χ1) is 9.58. The normalized spacial score (nSPS) is 19.3. The lowest BCUT2D eigenvalue weighted by atomic mass is 10.2. The second-order valence-electron chi connectivity index (χ2n) is 4.51. The van der Waals surface area contributed by atoms with E-state index in [0.717, 1.165) is 0 Å². The Labute approximate surface area is 115 Å². The summed E-state index contributed by atoms with van der Waals surface area (Å²) in [7, 11) is 0. The number of hydrogen-bond acceptors (Lipinski definition) is 5. The van der Waals surface area contributed by atoms with Gasteiger partial charge in [0.2, 0.25) is 5.91 Å². The first-order valence-corrected chi connectivity index (χ1v) is 6.17. The van der Waals surface area contributed by atoms with Gasteiger partial charge in [-0.1, -0.05) is 0 Å². The van der Waals surface area contributed by atoms with E-state index >= 15 is 0 Å². The fourth-order valence-electron chi connectivity index (χ4n) is 1.96. The lowest BCUT2D eigenvalue weighted by Crippen LogP contribution is -2.45. The average Bonchev–Trinajstić information content (AvgIpc) is 2.43. The summed E-state index contributed by atoms with van der Waals surface area (Å²) in [5.41, 5.74) is 5.97. The van der Waals surface area contributed by atoms with E-state index in [4.69, 9.17) is 15.7 Å². The van der Waals surface area contributed by atoms with Gasteiger partial charge in [-0.25, -0.2) is 4.39 Å². The molecule has 1 atom stereocenters. The topological polar surface area (TPSA) is 91.4 Å². The molecule has 1 saturated heterocycles. The lowest BCUT2D eigenvalue weighted by molar-refractivity contribution is -0.118. The van der Waals surface area contributed by atoms with E-state index in [1.807, 2.05) is 6.07 Å². The van der Waals surface area contributed by atoms with Crippen LogP contribution in [0.1, 0.15) is 0 Å². The molecule has 1 aliphatic rings. The van der Waals surface area contributed by atoms with Crippen LogP contribution < -0.4 is 11.1 Å². The number of nitrogens with one attached hydrogen (secondary N) is 1. The van der Waals surface area contributed by atoms with Crippen LogP contribution in [0.3, 0.4) is 0 Å². The maximum absolute atomic E-state index is 13.5. The third kappa shape index (κ3) is 3.66. The van der Waals surface area contributed by atoms with Gasteiger partial charge in [-0.05, 0) is 18.2 Å². The van der Waals surface area contributed by atoms with Crippen LogP contribution in [-0.4, -0.2) is 43.2 Å². The van der Waals surface area contributed by atoms with E-state index in [-0.39, 0.29) is 18.1 Å². The maximum atomic E-state index is 13.5. The Bertz CT molecular complexity index is 544. The summed E-state index contributed by atoms with van der Waals surface area (Å²) in [6.45, 7) is 1.41. The lowest BCUT2D eigenvalue weighted by Gasteiger charge is -2.28. The van der Waals surface area contributed by atoms with Crippen molar-refractivity contribution in [1.82, 2.24) is 4.90 Å². The van der Waals surface area contributed by atoms with Crippen molar-refractivity contribution in [2.24, 2.45) is 0 Å². The number of halogens is 1. The Hall–Kier alpha value is -2.17. The number of nitrogens with two attached hydrogens (primary N) is 1. The molecule has 1 unspecified atom stereocenters. The SMILES string of the molecule is N#CC1CN(CC(=O)Nc2cc(N)ccc2F)CCO1. The fraction of sp³-hybridized carbons (Fsp3) is 0.385. The summed E-state index contributed by atoms with van der Waals surface area (Å²) in [6.07, 6.45) is -0.527. The first kappa shape index (κ1) is 14.2. The number of nitrogen functional groups attached to an aromatic ring is 1. The predicted molar refractivity (Wildman–Crippen MR) is 71.2 cm³/mol. The summed E-state index contributed by atoms with van der Waals surface area (Å²) in [4.78, 5) is 13.6. The smallest absolute Gasteiger partial charge is 0.238 e. The minimum Gasteiger partial charge on any atom is -0.399 e. The zero-order chi connectivity index (χ0) is 14.5. The Morgan fingerprint density at radius 1 is 1.65 bits per heavy atom. The van der Waals surface area contributed by atoms with E-state index < -0.39 is 11.9 Å².